The summed E-state index contributed by atoms with van der Waals surface area (Å²) in [5.41, 5.74) is 1.03. The molecule has 1 aromatic heterocycles. The predicted molar refractivity (Wildman–Crippen MR) is 91.1 cm³/mol. The maximum absolute atomic E-state index is 12.6. The Bertz CT molecular complexity index is 829. The summed E-state index contributed by atoms with van der Waals surface area (Å²) >= 11 is 0. The lowest BCUT2D eigenvalue weighted by Gasteiger charge is -2.19. The second-order valence-corrected chi connectivity index (χ2v) is 6.71. The topological polar surface area (TPSA) is 72.3 Å². The number of carbonyl (C=O) groups excluding carboxylic acids is 3. The van der Waals surface area contributed by atoms with Crippen molar-refractivity contribution in [1.82, 2.24) is 9.55 Å². The number of imide groups is 1. The number of nitrogens with zero attached hydrogens (tertiary/aromatic N) is 3. The Hall–Kier alpha value is -2.76. The molecule has 2 fully saturated rings. The summed E-state index contributed by atoms with van der Waals surface area (Å²) in [4.78, 5) is 43.1. The van der Waals surface area contributed by atoms with Crippen LogP contribution in [0.2, 0.25) is 0 Å². The molecule has 6 nitrogen and oxygen atoms in total. The van der Waals surface area contributed by atoms with Crippen LogP contribution < -0.4 is 4.90 Å². The highest BCUT2D eigenvalue weighted by atomic mass is 16.2. The Balaban J connectivity index is 1.60. The van der Waals surface area contributed by atoms with Crippen molar-refractivity contribution in [3.05, 3.63) is 48.0 Å². The van der Waals surface area contributed by atoms with Gasteiger partial charge in [-0.3, -0.25) is 23.9 Å². The van der Waals surface area contributed by atoms with Gasteiger partial charge in [0.25, 0.3) is 5.91 Å². The molecule has 1 aromatic carbocycles. The monoisotopic (exact) mass is 337 g/mol. The van der Waals surface area contributed by atoms with E-state index in [0.717, 1.165) is 25.7 Å². The molecule has 2 heterocycles. The summed E-state index contributed by atoms with van der Waals surface area (Å²) in [6.07, 6.45) is 6.79. The molecule has 1 aliphatic carbocycles. The smallest absolute Gasteiger partial charge is 0.263 e. The minimum atomic E-state index is -0.186. The Morgan fingerprint density at radius 3 is 2.16 bits per heavy atom. The maximum Gasteiger partial charge on any atom is 0.263 e. The van der Waals surface area contributed by atoms with Crippen LogP contribution in [0, 0.1) is 18.8 Å². The fourth-order valence-electron chi connectivity index (χ4n) is 3.90. The lowest BCUT2D eigenvalue weighted by atomic mass is 9.81. The van der Waals surface area contributed by atoms with Gasteiger partial charge in [-0.25, -0.2) is 4.98 Å². The molecule has 1 saturated carbocycles. The van der Waals surface area contributed by atoms with Gasteiger partial charge >= 0.3 is 0 Å². The first-order chi connectivity index (χ1) is 12.1. The first-order valence-electron chi connectivity index (χ1n) is 8.60. The fraction of sp³-hybridized carbons (Fsp3) is 0.368. The summed E-state index contributed by atoms with van der Waals surface area (Å²) in [5, 5.41) is 0. The number of amides is 2. The third kappa shape index (κ3) is 2.49. The zero-order valence-electron chi connectivity index (χ0n) is 14.0. The quantitative estimate of drug-likeness (QED) is 0.790. The van der Waals surface area contributed by atoms with Crippen molar-refractivity contribution in [1.29, 1.82) is 0 Å². The number of rotatable bonds is 2. The number of carbonyl (C=O) groups is 3. The lowest BCUT2D eigenvalue weighted by Crippen LogP contribution is -2.30. The Kier molecular flexibility index (Phi) is 3.75. The summed E-state index contributed by atoms with van der Waals surface area (Å²) in [5.74, 6) is -0.108. The number of imidazole rings is 1. The van der Waals surface area contributed by atoms with Gasteiger partial charge in [-0.1, -0.05) is 12.8 Å². The van der Waals surface area contributed by atoms with E-state index in [0.29, 0.717) is 17.1 Å². The van der Waals surface area contributed by atoms with Crippen LogP contribution in [0.4, 0.5) is 5.69 Å². The van der Waals surface area contributed by atoms with E-state index in [1.54, 1.807) is 43.6 Å². The van der Waals surface area contributed by atoms with Gasteiger partial charge in [0.15, 0.2) is 0 Å². The molecule has 2 unspecified atom stereocenters. The molecule has 2 atom stereocenters. The zero-order chi connectivity index (χ0) is 17.6. The predicted octanol–water partition coefficient (Wildman–Crippen LogP) is 2.56. The molecule has 4 rings (SSSR count). The minimum absolute atomic E-state index is 0.0979. The van der Waals surface area contributed by atoms with Crippen LogP contribution in [0.25, 0.3) is 0 Å². The van der Waals surface area contributed by atoms with Gasteiger partial charge in [0.2, 0.25) is 11.8 Å². The third-order valence-electron chi connectivity index (χ3n) is 5.26. The van der Waals surface area contributed by atoms with Crippen molar-refractivity contribution in [3.63, 3.8) is 0 Å². The van der Waals surface area contributed by atoms with Crippen molar-refractivity contribution in [2.75, 3.05) is 4.90 Å². The van der Waals surface area contributed by atoms with Crippen molar-refractivity contribution in [3.8, 4) is 0 Å². The lowest BCUT2D eigenvalue weighted by molar-refractivity contribution is -0.122. The van der Waals surface area contributed by atoms with Gasteiger partial charge < -0.3 is 0 Å². The molecule has 1 aliphatic heterocycles. The van der Waals surface area contributed by atoms with Crippen LogP contribution in [0.1, 0.15) is 41.9 Å². The number of benzene rings is 1. The highest BCUT2D eigenvalue weighted by Gasteiger charge is 2.48. The number of aromatic nitrogens is 2. The van der Waals surface area contributed by atoms with Crippen LogP contribution in [0.15, 0.2) is 36.7 Å². The van der Waals surface area contributed by atoms with Gasteiger partial charge in [0.05, 0.1) is 17.5 Å². The fourth-order valence-corrected chi connectivity index (χ4v) is 3.90. The minimum Gasteiger partial charge on any atom is -0.274 e. The summed E-state index contributed by atoms with van der Waals surface area (Å²) in [6.45, 7) is 1.76. The number of hydrogen-bond donors (Lipinski definition) is 0. The summed E-state index contributed by atoms with van der Waals surface area (Å²) in [7, 11) is 0. The van der Waals surface area contributed by atoms with Crippen molar-refractivity contribution >= 4 is 23.4 Å². The van der Waals surface area contributed by atoms with Gasteiger partial charge in [-0.2, -0.15) is 0 Å². The molecular formula is C19H19N3O3. The average molecular weight is 337 g/mol. The van der Waals surface area contributed by atoms with Gasteiger partial charge in [-0.15, -0.1) is 0 Å². The van der Waals surface area contributed by atoms with E-state index in [1.165, 1.54) is 9.47 Å². The molecule has 6 heteroatoms. The number of hydrogen-bond acceptors (Lipinski definition) is 4. The normalized spacial score (nSPS) is 23.0. The van der Waals surface area contributed by atoms with Crippen LogP contribution >= 0.6 is 0 Å². The van der Waals surface area contributed by atoms with Crippen LogP contribution in [0.5, 0.6) is 0 Å². The van der Waals surface area contributed by atoms with E-state index in [4.69, 9.17) is 0 Å². The van der Waals surface area contributed by atoms with Crippen molar-refractivity contribution in [2.24, 2.45) is 11.8 Å². The van der Waals surface area contributed by atoms with E-state index in [1.807, 2.05) is 0 Å². The van der Waals surface area contributed by atoms with Crippen molar-refractivity contribution in [2.45, 2.75) is 32.6 Å². The maximum atomic E-state index is 12.6. The van der Waals surface area contributed by atoms with Crippen LogP contribution in [-0.2, 0) is 9.59 Å². The van der Waals surface area contributed by atoms with Gasteiger partial charge in [0, 0.05) is 18.0 Å². The second kappa shape index (κ2) is 5.95. The molecule has 0 radical (unpaired) electrons. The third-order valence-corrected chi connectivity index (χ3v) is 5.26. The van der Waals surface area contributed by atoms with Crippen LogP contribution in [0.3, 0.4) is 0 Å². The number of aryl methyl sites for hydroxylation is 1. The second-order valence-electron chi connectivity index (χ2n) is 6.71. The molecule has 2 aliphatic rings. The average Bonchev–Trinajstić information content (AvgIpc) is 3.17. The molecule has 0 N–H and O–H groups in total. The molecule has 1 saturated heterocycles. The highest BCUT2D eigenvalue weighted by molar-refractivity contribution is 6.22. The molecule has 0 bridgehead atoms. The Morgan fingerprint density at radius 2 is 1.64 bits per heavy atom. The molecule has 2 amide bonds. The van der Waals surface area contributed by atoms with E-state index >= 15 is 0 Å². The Labute approximate surface area is 145 Å². The molecule has 25 heavy (non-hydrogen) atoms. The summed E-state index contributed by atoms with van der Waals surface area (Å²) < 4.78 is 1.47. The molecule has 0 spiro atoms. The first kappa shape index (κ1) is 15.7. The van der Waals surface area contributed by atoms with Gasteiger partial charge in [-0.05, 0) is 44.0 Å². The van der Waals surface area contributed by atoms with E-state index in [9.17, 15) is 14.4 Å². The Morgan fingerprint density at radius 1 is 1.04 bits per heavy atom. The molecule has 128 valence electrons. The van der Waals surface area contributed by atoms with Crippen molar-refractivity contribution < 1.29 is 14.4 Å². The number of fused-ring (bicyclic) bond motifs is 1. The largest absolute Gasteiger partial charge is 0.274 e. The zero-order valence-corrected chi connectivity index (χ0v) is 14.0. The van der Waals surface area contributed by atoms with Gasteiger partial charge in [0.1, 0.15) is 5.82 Å². The highest BCUT2D eigenvalue weighted by Crippen LogP contribution is 2.40. The summed E-state index contributed by atoms with van der Waals surface area (Å²) in [6, 6.07) is 6.65. The standard InChI is InChI=1S/C19H19N3O3/c1-12-20-10-11-21(12)17(23)13-6-8-14(9-7-13)22-18(24)15-4-2-3-5-16(15)19(22)25/h6-11,15-16H,2-5H2,1H3. The van der Waals surface area contributed by atoms with E-state index in [2.05, 4.69) is 4.98 Å². The van der Waals surface area contributed by atoms with E-state index in [-0.39, 0.29) is 29.6 Å². The first-order valence-corrected chi connectivity index (χ1v) is 8.60. The SMILES string of the molecule is Cc1nccn1C(=O)c1ccc(N2C(=O)C3CCCCC3C2=O)cc1. The molecule has 2 aromatic rings. The molecular weight excluding hydrogens is 318 g/mol. The van der Waals surface area contributed by atoms with Crippen LogP contribution in [-0.4, -0.2) is 27.3 Å². The number of anilines is 1. The van der Waals surface area contributed by atoms with E-state index < -0.39 is 0 Å².